The molecule has 2 rings (SSSR count). The number of halogens is 2. The van der Waals surface area contributed by atoms with Crippen LogP contribution < -0.4 is 5.32 Å². The third-order valence-electron chi connectivity index (χ3n) is 5.33. The highest BCUT2D eigenvalue weighted by molar-refractivity contribution is 6.42. The molecule has 0 unspecified atom stereocenters. The number of rotatable bonds is 9. The number of nitrogens with zero attached hydrogens (tertiary/aromatic N) is 1. The van der Waals surface area contributed by atoms with E-state index in [0.717, 1.165) is 23.1 Å². The molecule has 162 valence electrons. The Kier molecular flexibility index (Phi) is 9.19. The first-order chi connectivity index (χ1) is 14.3. The predicted molar refractivity (Wildman–Crippen MR) is 124 cm³/mol. The summed E-state index contributed by atoms with van der Waals surface area (Å²) in [5.41, 5.74) is 2.87. The van der Waals surface area contributed by atoms with Crippen molar-refractivity contribution in [3.05, 3.63) is 69.2 Å². The minimum atomic E-state index is -0.547. The van der Waals surface area contributed by atoms with E-state index in [2.05, 4.69) is 5.32 Å². The molecule has 0 aliphatic rings. The van der Waals surface area contributed by atoms with E-state index in [1.807, 2.05) is 52.0 Å². The van der Waals surface area contributed by atoms with Gasteiger partial charge in [0.05, 0.1) is 16.5 Å². The molecule has 2 aromatic rings. The van der Waals surface area contributed by atoms with Gasteiger partial charge in [-0.1, -0.05) is 67.4 Å². The number of aryl methyl sites for hydroxylation is 1. The predicted octanol–water partition coefficient (Wildman–Crippen LogP) is 5.57. The van der Waals surface area contributed by atoms with Crippen LogP contribution in [0.5, 0.6) is 0 Å². The van der Waals surface area contributed by atoms with E-state index in [0.29, 0.717) is 23.0 Å². The topological polar surface area (TPSA) is 49.4 Å². The van der Waals surface area contributed by atoms with E-state index in [1.165, 1.54) is 0 Å². The Labute approximate surface area is 189 Å². The van der Waals surface area contributed by atoms with Gasteiger partial charge in [0.2, 0.25) is 11.8 Å². The third-order valence-corrected chi connectivity index (χ3v) is 6.07. The first kappa shape index (κ1) is 24.2. The van der Waals surface area contributed by atoms with Crippen LogP contribution in [0.2, 0.25) is 10.0 Å². The number of carbonyl (C=O) groups is 2. The lowest BCUT2D eigenvalue weighted by Crippen LogP contribution is -2.51. The zero-order chi connectivity index (χ0) is 22.3. The van der Waals surface area contributed by atoms with Gasteiger partial charge >= 0.3 is 0 Å². The smallest absolute Gasteiger partial charge is 0.243 e. The highest BCUT2D eigenvalue weighted by Gasteiger charge is 2.29. The molecular weight excluding hydrogens is 419 g/mol. The molecule has 1 N–H and O–H groups in total. The number of hydrogen-bond acceptors (Lipinski definition) is 2. The second kappa shape index (κ2) is 11.4. The summed E-state index contributed by atoms with van der Waals surface area (Å²) in [5, 5.41) is 3.88. The molecule has 4 nitrogen and oxygen atoms in total. The number of carbonyl (C=O) groups excluding carboxylic acids is 2. The van der Waals surface area contributed by atoms with Gasteiger partial charge in [-0.05, 0) is 55.5 Å². The number of amides is 2. The van der Waals surface area contributed by atoms with Crippen molar-refractivity contribution in [1.82, 2.24) is 10.2 Å². The van der Waals surface area contributed by atoms with E-state index < -0.39 is 6.04 Å². The lowest BCUT2D eigenvalue weighted by molar-refractivity contribution is -0.141. The molecule has 0 saturated carbocycles. The molecule has 0 aliphatic heterocycles. The van der Waals surface area contributed by atoms with Gasteiger partial charge < -0.3 is 10.2 Å². The normalized spacial score (nSPS) is 12.9. The molecule has 0 fully saturated rings. The Morgan fingerprint density at radius 1 is 1.03 bits per heavy atom. The van der Waals surface area contributed by atoms with Crippen LogP contribution in [0.4, 0.5) is 0 Å². The SMILES string of the molecule is CC[C@H](C)NC(=O)[C@H](CC)N(Cc1ccccc1C)C(=O)Cc1ccc(Cl)c(Cl)c1. The fourth-order valence-corrected chi connectivity index (χ4v) is 3.58. The van der Waals surface area contributed by atoms with Crippen molar-refractivity contribution < 1.29 is 9.59 Å². The first-order valence-electron chi connectivity index (χ1n) is 10.3. The van der Waals surface area contributed by atoms with Crippen molar-refractivity contribution in [2.75, 3.05) is 0 Å². The maximum absolute atomic E-state index is 13.4. The third kappa shape index (κ3) is 6.48. The van der Waals surface area contributed by atoms with Crippen molar-refractivity contribution in [3.63, 3.8) is 0 Å². The molecule has 0 aliphatic carbocycles. The molecule has 0 aromatic heterocycles. The fourth-order valence-electron chi connectivity index (χ4n) is 3.26. The average Bonchev–Trinajstić information content (AvgIpc) is 2.71. The maximum atomic E-state index is 13.4. The van der Waals surface area contributed by atoms with Crippen LogP contribution >= 0.6 is 23.2 Å². The zero-order valence-corrected chi connectivity index (χ0v) is 19.6. The summed E-state index contributed by atoms with van der Waals surface area (Å²) in [6, 6.07) is 12.6. The lowest BCUT2D eigenvalue weighted by atomic mass is 10.0. The van der Waals surface area contributed by atoms with Gasteiger partial charge in [-0.2, -0.15) is 0 Å². The number of nitrogens with one attached hydrogen (secondary N) is 1. The van der Waals surface area contributed by atoms with Gasteiger partial charge in [-0.25, -0.2) is 0 Å². The molecule has 0 bridgehead atoms. The van der Waals surface area contributed by atoms with Crippen LogP contribution in [-0.2, 0) is 22.6 Å². The molecule has 0 spiro atoms. The van der Waals surface area contributed by atoms with Crippen molar-refractivity contribution >= 4 is 35.0 Å². The summed E-state index contributed by atoms with van der Waals surface area (Å²) in [5.74, 6) is -0.245. The minimum absolute atomic E-state index is 0.0528. The Balaban J connectivity index is 2.33. The molecular formula is C24H30Cl2N2O2. The molecule has 0 saturated heterocycles. The van der Waals surface area contributed by atoms with E-state index in [4.69, 9.17) is 23.2 Å². The Hall–Kier alpha value is -2.04. The van der Waals surface area contributed by atoms with E-state index in [9.17, 15) is 9.59 Å². The Bertz CT molecular complexity index is 885. The van der Waals surface area contributed by atoms with Crippen LogP contribution in [0.25, 0.3) is 0 Å². The number of hydrogen-bond donors (Lipinski definition) is 1. The standard InChI is InChI=1S/C24H30Cl2N2O2/c1-5-17(4)27-24(30)22(6-2)28(15-19-10-8-7-9-16(19)3)23(29)14-18-11-12-20(25)21(26)13-18/h7-13,17,22H,5-6,14-15H2,1-4H3,(H,27,30)/t17-,22-/m0/s1. The van der Waals surface area contributed by atoms with E-state index in [-0.39, 0.29) is 24.3 Å². The maximum Gasteiger partial charge on any atom is 0.243 e. The molecule has 6 heteroatoms. The quantitative estimate of drug-likeness (QED) is 0.545. The zero-order valence-electron chi connectivity index (χ0n) is 18.0. The summed E-state index contributed by atoms with van der Waals surface area (Å²) in [7, 11) is 0. The van der Waals surface area contributed by atoms with Gasteiger partial charge in [-0.15, -0.1) is 0 Å². The molecule has 2 aromatic carbocycles. The van der Waals surface area contributed by atoms with Crippen molar-refractivity contribution in [1.29, 1.82) is 0 Å². The number of benzene rings is 2. The van der Waals surface area contributed by atoms with Gasteiger partial charge in [0.25, 0.3) is 0 Å². The summed E-state index contributed by atoms with van der Waals surface area (Å²) in [6.45, 7) is 8.30. The molecule has 2 amide bonds. The molecule has 30 heavy (non-hydrogen) atoms. The largest absolute Gasteiger partial charge is 0.352 e. The van der Waals surface area contributed by atoms with Gasteiger partial charge in [0.1, 0.15) is 6.04 Å². The average molecular weight is 449 g/mol. The van der Waals surface area contributed by atoms with E-state index in [1.54, 1.807) is 23.1 Å². The van der Waals surface area contributed by atoms with Crippen LogP contribution in [0.3, 0.4) is 0 Å². The van der Waals surface area contributed by atoms with Gasteiger partial charge in [-0.3, -0.25) is 9.59 Å². The Morgan fingerprint density at radius 3 is 2.33 bits per heavy atom. The van der Waals surface area contributed by atoms with Crippen molar-refractivity contribution in [3.8, 4) is 0 Å². The second-order valence-corrected chi connectivity index (χ2v) is 8.43. The van der Waals surface area contributed by atoms with Gasteiger partial charge in [0, 0.05) is 12.6 Å². The lowest BCUT2D eigenvalue weighted by Gasteiger charge is -2.32. The summed E-state index contributed by atoms with van der Waals surface area (Å²) in [4.78, 5) is 28.0. The fraction of sp³-hybridized carbons (Fsp3) is 0.417. The molecule has 2 atom stereocenters. The summed E-state index contributed by atoms with van der Waals surface area (Å²) < 4.78 is 0. The molecule has 0 heterocycles. The Morgan fingerprint density at radius 2 is 1.73 bits per heavy atom. The molecule has 0 radical (unpaired) electrons. The van der Waals surface area contributed by atoms with Crippen LogP contribution in [0.15, 0.2) is 42.5 Å². The summed E-state index contributed by atoms with van der Waals surface area (Å²) in [6.07, 6.45) is 1.51. The van der Waals surface area contributed by atoms with Crippen LogP contribution in [0.1, 0.15) is 50.3 Å². The van der Waals surface area contributed by atoms with Crippen molar-refractivity contribution in [2.45, 2.75) is 65.6 Å². The summed E-state index contributed by atoms with van der Waals surface area (Å²) >= 11 is 12.1. The minimum Gasteiger partial charge on any atom is -0.352 e. The van der Waals surface area contributed by atoms with Gasteiger partial charge in [0.15, 0.2) is 0 Å². The van der Waals surface area contributed by atoms with Crippen LogP contribution in [-0.4, -0.2) is 28.8 Å². The monoisotopic (exact) mass is 448 g/mol. The second-order valence-electron chi connectivity index (χ2n) is 7.62. The highest BCUT2D eigenvalue weighted by Crippen LogP contribution is 2.24. The first-order valence-corrected chi connectivity index (χ1v) is 11.1. The van der Waals surface area contributed by atoms with Crippen LogP contribution in [0, 0.1) is 6.92 Å². The highest BCUT2D eigenvalue weighted by atomic mass is 35.5. The van der Waals surface area contributed by atoms with E-state index >= 15 is 0 Å². The van der Waals surface area contributed by atoms with Crippen molar-refractivity contribution in [2.24, 2.45) is 0 Å².